The maximum Gasteiger partial charge on any atom is 0.258 e. The van der Waals surface area contributed by atoms with Crippen LogP contribution in [0.15, 0.2) is 66.4 Å². The van der Waals surface area contributed by atoms with Crippen LogP contribution in [-0.2, 0) is 6.42 Å². The highest BCUT2D eigenvalue weighted by atomic mass is 16.1. The van der Waals surface area contributed by atoms with E-state index >= 15 is 0 Å². The number of rotatable bonds is 7. The Labute approximate surface area is 177 Å². The Balaban J connectivity index is 1.48. The zero-order chi connectivity index (χ0) is 20.9. The van der Waals surface area contributed by atoms with Crippen molar-refractivity contribution in [2.45, 2.75) is 45.6 Å². The molecule has 1 aliphatic rings. The van der Waals surface area contributed by atoms with Crippen molar-refractivity contribution in [3.05, 3.63) is 83.1 Å². The molecule has 0 saturated carbocycles. The van der Waals surface area contributed by atoms with Crippen LogP contribution in [0.4, 0.5) is 11.9 Å². The molecule has 4 rings (SSSR count). The molecule has 0 spiro atoms. The topological polar surface area (TPSA) is 71.8 Å². The fourth-order valence-corrected chi connectivity index (χ4v) is 3.64. The SMILES string of the molecule is CCCCCc1ccc(C(=O)Nc2nc3n(n2)C(c2ccccc2)C=C(C)N3)cc1. The molecule has 0 aliphatic carbocycles. The number of carbonyl (C=O) groups excluding carboxylic acids is 1. The standard InChI is InChI=1S/C24H27N5O/c1-3-4-6-9-18-12-14-20(15-13-18)22(30)26-23-27-24-25-17(2)16-21(29(24)28-23)19-10-7-5-8-11-19/h5,7-8,10-16,21H,3-4,6,9H2,1-2H3,(H2,25,26,27,28,30). The Bertz CT molecular complexity index is 1040. The third kappa shape index (κ3) is 4.43. The van der Waals surface area contributed by atoms with Gasteiger partial charge in [-0.15, -0.1) is 5.10 Å². The third-order valence-corrected chi connectivity index (χ3v) is 5.26. The molecule has 2 N–H and O–H groups in total. The van der Waals surface area contributed by atoms with Gasteiger partial charge in [-0.1, -0.05) is 62.2 Å². The number of unbranched alkanes of at least 4 members (excludes halogenated alkanes) is 2. The second-order valence-corrected chi connectivity index (χ2v) is 7.64. The lowest BCUT2D eigenvalue weighted by atomic mass is 10.1. The molecule has 0 fully saturated rings. The number of aryl methyl sites for hydroxylation is 1. The number of hydrogen-bond donors (Lipinski definition) is 2. The minimum Gasteiger partial charge on any atom is -0.329 e. The maximum atomic E-state index is 12.7. The fourth-order valence-electron chi connectivity index (χ4n) is 3.64. The smallest absolute Gasteiger partial charge is 0.258 e. The van der Waals surface area contributed by atoms with Crippen molar-refractivity contribution in [2.24, 2.45) is 0 Å². The number of aromatic nitrogens is 3. The van der Waals surface area contributed by atoms with Gasteiger partial charge in [-0.3, -0.25) is 10.1 Å². The first-order valence-corrected chi connectivity index (χ1v) is 10.5. The van der Waals surface area contributed by atoms with Crippen molar-refractivity contribution >= 4 is 17.8 Å². The van der Waals surface area contributed by atoms with Gasteiger partial charge in [-0.05, 0) is 49.1 Å². The molecule has 0 radical (unpaired) electrons. The highest BCUT2D eigenvalue weighted by Gasteiger charge is 2.24. The van der Waals surface area contributed by atoms with Gasteiger partial charge in [0.2, 0.25) is 5.95 Å². The lowest BCUT2D eigenvalue weighted by molar-refractivity contribution is 0.102. The second-order valence-electron chi connectivity index (χ2n) is 7.64. The highest BCUT2D eigenvalue weighted by molar-refractivity contribution is 6.03. The third-order valence-electron chi connectivity index (χ3n) is 5.26. The molecule has 0 saturated heterocycles. The van der Waals surface area contributed by atoms with Crippen LogP contribution in [0, 0.1) is 0 Å². The summed E-state index contributed by atoms with van der Waals surface area (Å²) in [7, 11) is 0. The Kier molecular flexibility index (Phi) is 5.93. The van der Waals surface area contributed by atoms with Gasteiger partial charge in [-0.25, -0.2) is 4.68 Å². The van der Waals surface area contributed by atoms with Gasteiger partial charge in [-0.2, -0.15) is 4.98 Å². The first-order valence-electron chi connectivity index (χ1n) is 10.5. The molecular weight excluding hydrogens is 374 g/mol. The number of amides is 1. The summed E-state index contributed by atoms with van der Waals surface area (Å²) in [5.41, 5.74) is 3.97. The van der Waals surface area contributed by atoms with Gasteiger partial charge >= 0.3 is 0 Å². The van der Waals surface area contributed by atoms with Gasteiger partial charge in [0.05, 0.1) is 0 Å². The molecule has 154 valence electrons. The van der Waals surface area contributed by atoms with Crippen molar-refractivity contribution < 1.29 is 4.79 Å². The normalized spacial score (nSPS) is 15.1. The molecule has 2 heterocycles. The predicted molar refractivity (Wildman–Crippen MR) is 120 cm³/mol. The Morgan fingerprint density at radius 2 is 1.87 bits per heavy atom. The zero-order valence-electron chi connectivity index (χ0n) is 17.4. The largest absolute Gasteiger partial charge is 0.329 e. The molecule has 1 aromatic heterocycles. The van der Waals surface area contributed by atoms with E-state index in [1.807, 2.05) is 49.4 Å². The Morgan fingerprint density at radius 1 is 1.10 bits per heavy atom. The molecule has 1 aliphatic heterocycles. The van der Waals surface area contributed by atoms with Crippen molar-refractivity contribution in [3.8, 4) is 0 Å². The summed E-state index contributed by atoms with van der Waals surface area (Å²) in [5.74, 6) is 0.697. The summed E-state index contributed by atoms with van der Waals surface area (Å²) in [4.78, 5) is 17.2. The minimum atomic E-state index is -0.209. The molecule has 1 unspecified atom stereocenters. The van der Waals surface area contributed by atoms with E-state index in [2.05, 4.69) is 45.8 Å². The average Bonchev–Trinajstić information content (AvgIpc) is 3.16. The van der Waals surface area contributed by atoms with Gasteiger partial charge in [0.25, 0.3) is 11.9 Å². The van der Waals surface area contributed by atoms with E-state index in [9.17, 15) is 4.79 Å². The summed E-state index contributed by atoms with van der Waals surface area (Å²) in [6.07, 6.45) is 6.75. The van der Waals surface area contributed by atoms with Crippen LogP contribution in [0.5, 0.6) is 0 Å². The van der Waals surface area contributed by atoms with E-state index in [-0.39, 0.29) is 11.9 Å². The highest BCUT2D eigenvalue weighted by Crippen LogP contribution is 2.29. The van der Waals surface area contributed by atoms with Crippen molar-refractivity contribution in [3.63, 3.8) is 0 Å². The average molecular weight is 402 g/mol. The van der Waals surface area contributed by atoms with Crippen LogP contribution >= 0.6 is 0 Å². The summed E-state index contributed by atoms with van der Waals surface area (Å²) < 4.78 is 1.80. The van der Waals surface area contributed by atoms with E-state index in [1.54, 1.807) is 4.68 Å². The number of fused-ring (bicyclic) bond motifs is 1. The van der Waals surface area contributed by atoms with Crippen molar-refractivity contribution in [2.75, 3.05) is 10.6 Å². The summed E-state index contributed by atoms with van der Waals surface area (Å²) in [5, 5.41) is 10.6. The summed E-state index contributed by atoms with van der Waals surface area (Å²) in [6, 6.07) is 17.8. The number of benzene rings is 2. The van der Waals surface area contributed by atoms with Gasteiger partial charge in [0.1, 0.15) is 6.04 Å². The number of nitrogens with one attached hydrogen (secondary N) is 2. The van der Waals surface area contributed by atoms with Crippen LogP contribution in [0.2, 0.25) is 0 Å². The van der Waals surface area contributed by atoms with Crippen LogP contribution in [0.25, 0.3) is 0 Å². The van der Waals surface area contributed by atoms with Gasteiger partial charge < -0.3 is 5.32 Å². The van der Waals surface area contributed by atoms with E-state index in [1.165, 1.54) is 24.8 Å². The maximum absolute atomic E-state index is 12.7. The molecule has 6 nitrogen and oxygen atoms in total. The first-order chi connectivity index (χ1) is 14.6. The van der Waals surface area contributed by atoms with Crippen LogP contribution in [-0.4, -0.2) is 20.7 Å². The van der Waals surface area contributed by atoms with Crippen LogP contribution in [0.3, 0.4) is 0 Å². The van der Waals surface area contributed by atoms with Crippen molar-refractivity contribution in [1.29, 1.82) is 0 Å². The lowest BCUT2D eigenvalue weighted by Crippen LogP contribution is -2.19. The molecule has 3 aromatic rings. The molecule has 1 amide bonds. The van der Waals surface area contributed by atoms with Crippen molar-refractivity contribution in [1.82, 2.24) is 14.8 Å². The van der Waals surface area contributed by atoms with E-state index in [0.29, 0.717) is 17.5 Å². The van der Waals surface area contributed by atoms with Crippen LogP contribution in [0.1, 0.15) is 60.6 Å². The van der Waals surface area contributed by atoms with Gasteiger partial charge in [0, 0.05) is 11.3 Å². The van der Waals surface area contributed by atoms with E-state index < -0.39 is 0 Å². The fraction of sp³-hybridized carbons (Fsp3) is 0.292. The first kappa shape index (κ1) is 19.9. The number of carbonyl (C=O) groups is 1. The van der Waals surface area contributed by atoms with Crippen LogP contribution < -0.4 is 10.6 Å². The molecule has 1 atom stereocenters. The molecule has 0 bridgehead atoms. The molecule has 6 heteroatoms. The minimum absolute atomic E-state index is 0.0667. The number of hydrogen-bond acceptors (Lipinski definition) is 4. The zero-order valence-corrected chi connectivity index (χ0v) is 17.4. The molecule has 2 aromatic carbocycles. The predicted octanol–water partition coefficient (Wildman–Crippen LogP) is 5.18. The monoisotopic (exact) mass is 401 g/mol. The van der Waals surface area contributed by atoms with E-state index in [4.69, 9.17) is 0 Å². The van der Waals surface area contributed by atoms with Gasteiger partial charge in [0.15, 0.2) is 0 Å². The lowest BCUT2D eigenvalue weighted by Gasteiger charge is -2.22. The molecular formula is C24H27N5O. The Hall–Kier alpha value is -3.41. The van der Waals surface area contributed by atoms with E-state index in [0.717, 1.165) is 17.7 Å². The summed E-state index contributed by atoms with van der Waals surface area (Å²) in [6.45, 7) is 4.19. The Morgan fingerprint density at radius 3 is 2.60 bits per heavy atom. The molecule has 30 heavy (non-hydrogen) atoms. The number of nitrogens with zero attached hydrogens (tertiary/aromatic N) is 3. The number of allylic oxidation sites excluding steroid dienone is 2. The summed E-state index contributed by atoms with van der Waals surface area (Å²) >= 11 is 0. The quantitative estimate of drug-likeness (QED) is 0.535. The second kappa shape index (κ2) is 8.95. The number of anilines is 2.